The van der Waals surface area contributed by atoms with Gasteiger partial charge in [0.25, 0.3) is 5.91 Å². The smallest absolute Gasteiger partial charge is 0.252 e. The van der Waals surface area contributed by atoms with Gasteiger partial charge in [0.1, 0.15) is 0 Å². The molecule has 1 aromatic rings. The molecule has 1 fully saturated rings. The third-order valence-corrected chi connectivity index (χ3v) is 7.00. The van der Waals surface area contributed by atoms with Crippen molar-refractivity contribution in [1.29, 1.82) is 0 Å². The number of nitrogens with zero attached hydrogens (tertiary/aromatic N) is 2. The second kappa shape index (κ2) is 8.25. The molecule has 1 aliphatic heterocycles. The number of carbonyl (C=O) groups is 1. The first-order valence-corrected chi connectivity index (χ1v) is 10.6. The fourth-order valence-corrected chi connectivity index (χ4v) is 4.18. The van der Waals surface area contributed by atoms with Crippen molar-refractivity contribution >= 4 is 27.5 Å². The number of rotatable bonds is 6. The third kappa shape index (κ3) is 4.76. The summed E-state index contributed by atoms with van der Waals surface area (Å²) in [7, 11) is -0.725. The first-order valence-electron chi connectivity index (χ1n) is 8.81. The van der Waals surface area contributed by atoms with Crippen molar-refractivity contribution in [3.63, 3.8) is 0 Å². The molecule has 1 aromatic carbocycles. The van der Waals surface area contributed by atoms with Gasteiger partial charge in [-0.15, -0.1) is 0 Å². The van der Waals surface area contributed by atoms with Crippen LogP contribution in [-0.2, 0) is 10.0 Å². The van der Waals surface area contributed by atoms with E-state index >= 15 is 0 Å². The van der Waals surface area contributed by atoms with E-state index in [2.05, 4.69) is 24.1 Å². The van der Waals surface area contributed by atoms with Crippen molar-refractivity contribution in [2.45, 2.75) is 43.5 Å². The molecule has 0 spiro atoms. The van der Waals surface area contributed by atoms with Crippen molar-refractivity contribution in [1.82, 2.24) is 14.5 Å². The van der Waals surface area contributed by atoms with Crippen molar-refractivity contribution in [2.75, 3.05) is 33.7 Å². The van der Waals surface area contributed by atoms with E-state index in [1.807, 2.05) is 0 Å². The SMILES string of the molecule is CN(C)S(=O)(=O)c1ccc(Cl)c(C(=O)NCC(C)(C)N2CCCCC2)c1. The summed E-state index contributed by atoms with van der Waals surface area (Å²) in [4.78, 5) is 15.1. The Morgan fingerprint density at radius 3 is 2.42 bits per heavy atom. The number of halogens is 1. The van der Waals surface area contributed by atoms with Gasteiger partial charge in [0.05, 0.1) is 15.5 Å². The minimum atomic E-state index is -3.62. The molecule has 1 saturated heterocycles. The lowest BCUT2D eigenvalue weighted by Crippen LogP contribution is -2.53. The Morgan fingerprint density at radius 2 is 1.85 bits per heavy atom. The van der Waals surface area contributed by atoms with Crippen LogP contribution in [0.2, 0.25) is 5.02 Å². The third-order valence-electron chi connectivity index (χ3n) is 4.85. The van der Waals surface area contributed by atoms with Gasteiger partial charge in [-0.3, -0.25) is 9.69 Å². The summed E-state index contributed by atoms with van der Waals surface area (Å²) in [6.07, 6.45) is 3.60. The Labute approximate surface area is 161 Å². The van der Waals surface area contributed by atoms with Crippen molar-refractivity contribution in [3.05, 3.63) is 28.8 Å². The standard InChI is InChI=1S/C18H28ClN3O3S/c1-18(2,22-10-6-5-7-11-22)13-20-17(23)15-12-14(8-9-16(15)19)26(24,25)21(3)4/h8-9,12H,5-7,10-11,13H2,1-4H3,(H,20,23). The Balaban J connectivity index is 2.14. The van der Waals surface area contributed by atoms with Gasteiger partial charge in [-0.25, -0.2) is 12.7 Å². The fourth-order valence-electron chi connectivity index (χ4n) is 3.05. The second-order valence-electron chi connectivity index (χ2n) is 7.47. The van der Waals surface area contributed by atoms with Crippen LogP contribution in [0.4, 0.5) is 0 Å². The Hall–Kier alpha value is -1.15. The summed E-state index contributed by atoms with van der Waals surface area (Å²) >= 11 is 6.14. The lowest BCUT2D eigenvalue weighted by Gasteiger charge is -2.41. The highest BCUT2D eigenvalue weighted by Crippen LogP contribution is 2.23. The van der Waals surface area contributed by atoms with Gasteiger partial charge in [-0.1, -0.05) is 18.0 Å². The molecule has 1 N–H and O–H groups in total. The molecule has 6 nitrogen and oxygen atoms in total. The molecule has 146 valence electrons. The molecular formula is C18H28ClN3O3S. The monoisotopic (exact) mass is 401 g/mol. The van der Waals surface area contributed by atoms with Crippen LogP contribution < -0.4 is 5.32 Å². The topological polar surface area (TPSA) is 69.7 Å². The number of hydrogen-bond donors (Lipinski definition) is 1. The Bertz CT molecular complexity index is 757. The molecule has 0 unspecified atom stereocenters. The Morgan fingerprint density at radius 1 is 1.23 bits per heavy atom. The van der Waals surface area contributed by atoms with Crippen LogP contribution in [0.25, 0.3) is 0 Å². The summed E-state index contributed by atoms with van der Waals surface area (Å²) < 4.78 is 25.7. The average molecular weight is 402 g/mol. The first-order chi connectivity index (χ1) is 12.1. The number of piperidine rings is 1. The zero-order chi connectivity index (χ0) is 19.5. The maximum Gasteiger partial charge on any atom is 0.252 e. The van der Waals surface area contributed by atoms with Crippen LogP contribution in [0.3, 0.4) is 0 Å². The molecule has 0 saturated carbocycles. The number of sulfonamides is 1. The zero-order valence-electron chi connectivity index (χ0n) is 15.9. The average Bonchev–Trinajstić information content (AvgIpc) is 2.60. The molecule has 2 rings (SSSR count). The van der Waals surface area contributed by atoms with Crippen LogP contribution in [0.15, 0.2) is 23.1 Å². The van der Waals surface area contributed by atoms with Crippen molar-refractivity contribution in [3.8, 4) is 0 Å². The molecule has 1 aliphatic rings. The van der Waals surface area contributed by atoms with E-state index < -0.39 is 10.0 Å². The van der Waals surface area contributed by atoms with E-state index in [0.717, 1.165) is 17.4 Å². The van der Waals surface area contributed by atoms with Crippen LogP contribution in [0.5, 0.6) is 0 Å². The van der Waals surface area contributed by atoms with E-state index in [-0.39, 0.29) is 26.9 Å². The lowest BCUT2D eigenvalue weighted by molar-refractivity contribution is 0.0797. The number of benzene rings is 1. The molecule has 8 heteroatoms. The van der Waals surface area contributed by atoms with Crippen LogP contribution >= 0.6 is 11.6 Å². The number of likely N-dealkylation sites (tertiary alicyclic amines) is 1. The van der Waals surface area contributed by atoms with Crippen LogP contribution in [-0.4, -0.2) is 62.8 Å². The summed E-state index contributed by atoms with van der Waals surface area (Å²) in [6.45, 7) is 6.73. The molecule has 0 atom stereocenters. The number of carbonyl (C=O) groups excluding carboxylic acids is 1. The fraction of sp³-hybridized carbons (Fsp3) is 0.611. The summed E-state index contributed by atoms with van der Waals surface area (Å²) in [6, 6.07) is 4.19. The van der Waals surface area contributed by atoms with E-state index in [0.29, 0.717) is 6.54 Å². The van der Waals surface area contributed by atoms with Gasteiger partial charge in [0.2, 0.25) is 10.0 Å². The molecule has 0 bridgehead atoms. The molecule has 1 amide bonds. The van der Waals surface area contributed by atoms with E-state index in [1.54, 1.807) is 0 Å². The molecular weight excluding hydrogens is 374 g/mol. The molecule has 0 aromatic heterocycles. The van der Waals surface area contributed by atoms with Gasteiger partial charge in [-0.05, 0) is 58.0 Å². The maximum atomic E-state index is 12.6. The highest BCUT2D eigenvalue weighted by Gasteiger charge is 2.29. The highest BCUT2D eigenvalue weighted by molar-refractivity contribution is 7.89. The van der Waals surface area contributed by atoms with E-state index in [4.69, 9.17) is 11.6 Å². The predicted octanol–water partition coefficient (Wildman–Crippen LogP) is 2.58. The normalized spacial score (nSPS) is 16.7. The predicted molar refractivity (Wildman–Crippen MR) is 104 cm³/mol. The molecule has 1 heterocycles. The van der Waals surface area contributed by atoms with Gasteiger partial charge < -0.3 is 5.32 Å². The molecule has 0 radical (unpaired) electrons. The largest absolute Gasteiger partial charge is 0.350 e. The van der Waals surface area contributed by atoms with Crippen LogP contribution in [0, 0.1) is 0 Å². The second-order valence-corrected chi connectivity index (χ2v) is 10.0. The van der Waals surface area contributed by atoms with Gasteiger partial charge in [0, 0.05) is 26.2 Å². The highest BCUT2D eigenvalue weighted by atomic mass is 35.5. The number of nitrogens with one attached hydrogen (secondary N) is 1. The van der Waals surface area contributed by atoms with Gasteiger partial charge in [0.15, 0.2) is 0 Å². The minimum Gasteiger partial charge on any atom is -0.350 e. The summed E-state index contributed by atoms with van der Waals surface area (Å²) in [5.41, 5.74) is -0.000351. The summed E-state index contributed by atoms with van der Waals surface area (Å²) in [5.74, 6) is -0.365. The van der Waals surface area contributed by atoms with Crippen molar-refractivity contribution < 1.29 is 13.2 Å². The Kier molecular flexibility index (Phi) is 6.71. The van der Waals surface area contributed by atoms with E-state index in [9.17, 15) is 13.2 Å². The van der Waals surface area contributed by atoms with Crippen LogP contribution in [0.1, 0.15) is 43.5 Å². The zero-order valence-corrected chi connectivity index (χ0v) is 17.5. The van der Waals surface area contributed by atoms with Gasteiger partial charge >= 0.3 is 0 Å². The minimum absolute atomic E-state index is 0.0485. The van der Waals surface area contributed by atoms with E-state index in [1.165, 1.54) is 51.6 Å². The summed E-state index contributed by atoms with van der Waals surface area (Å²) in [5, 5.41) is 3.14. The van der Waals surface area contributed by atoms with Crippen molar-refractivity contribution in [2.24, 2.45) is 0 Å². The number of hydrogen-bond acceptors (Lipinski definition) is 4. The lowest BCUT2D eigenvalue weighted by atomic mass is 9.98. The first kappa shape index (κ1) is 21.2. The number of amides is 1. The quantitative estimate of drug-likeness (QED) is 0.795. The maximum absolute atomic E-state index is 12.6. The van der Waals surface area contributed by atoms with Gasteiger partial charge in [-0.2, -0.15) is 0 Å². The molecule has 26 heavy (non-hydrogen) atoms. The molecule has 0 aliphatic carbocycles.